The van der Waals surface area contributed by atoms with Crippen molar-refractivity contribution < 1.29 is 9.53 Å². The van der Waals surface area contributed by atoms with E-state index in [0.29, 0.717) is 17.1 Å². The van der Waals surface area contributed by atoms with Gasteiger partial charge >= 0.3 is 0 Å². The number of methoxy groups -OCH3 is 1. The number of nitrogens with zero attached hydrogens (tertiary/aromatic N) is 3. The highest BCUT2D eigenvalue weighted by atomic mass is 16.5. The minimum atomic E-state index is -0.350. The van der Waals surface area contributed by atoms with Crippen LogP contribution in [0.4, 0.5) is 11.4 Å². The standard InChI is InChI=1S/C21H22N4O3/c1-24(2)16-10-8-15(9-11-16)22-20(26)14-25-21(27)13-12-18(23-25)17-6-4-5-7-19(17)28-3/h4-13H,14H2,1-3H3,(H,22,26). The van der Waals surface area contributed by atoms with Crippen LogP contribution in [0.5, 0.6) is 5.75 Å². The SMILES string of the molecule is COc1ccccc1-c1ccc(=O)n(CC(=O)Nc2ccc(N(C)C)cc2)n1. The third kappa shape index (κ3) is 4.37. The lowest BCUT2D eigenvalue weighted by Crippen LogP contribution is -2.29. The van der Waals surface area contributed by atoms with Gasteiger partial charge in [0.05, 0.1) is 12.8 Å². The average Bonchev–Trinajstić information content (AvgIpc) is 2.70. The van der Waals surface area contributed by atoms with Gasteiger partial charge in [0.25, 0.3) is 5.56 Å². The van der Waals surface area contributed by atoms with Gasteiger partial charge in [0, 0.05) is 37.1 Å². The van der Waals surface area contributed by atoms with Gasteiger partial charge in [-0.25, -0.2) is 4.68 Å². The maximum absolute atomic E-state index is 12.4. The molecule has 7 heteroatoms. The Morgan fingerprint density at radius 2 is 1.79 bits per heavy atom. The number of hydrogen-bond donors (Lipinski definition) is 1. The summed E-state index contributed by atoms with van der Waals surface area (Å²) in [6, 6.07) is 17.8. The first-order valence-electron chi connectivity index (χ1n) is 8.77. The second-order valence-electron chi connectivity index (χ2n) is 6.40. The molecule has 0 atom stereocenters. The summed E-state index contributed by atoms with van der Waals surface area (Å²) in [6.07, 6.45) is 0. The highest BCUT2D eigenvalue weighted by Gasteiger charge is 2.11. The van der Waals surface area contributed by atoms with E-state index in [9.17, 15) is 9.59 Å². The molecule has 7 nitrogen and oxygen atoms in total. The van der Waals surface area contributed by atoms with Gasteiger partial charge in [-0.05, 0) is 42.5 Å². The summed E-state index contributed by atoms with van der Waals surface area (Å²) < 4.78 is 6.49. The van der Waals surface area contributed by atoms with Gasteiger partial charge in [-0.1, -0.05) is 12.1 Å². The summed E-state index contributed by atoms with van der Waals surface area (Å²) in [7, 11) is 5.46. The number of aromatic nitrogens is 2. The minimum absolute atomic E-state index is 0.183. The zero-order chi connectivity index (χ0) is 20.1. The number of carbonyl (C=O) groups excluding carboxylic acids is 1. The van der Waals surface area contributed by atoms with Crippen LogP contribution in [0.15, 0.2) is 65.5 Å². The first-order valence-corrected chi connectivity index (χ1v) is 8.77. The Kier molecular flexibility index (Phi) is 5.74. The number of nitrogens with one attached hydrogen (secondary N) is 1. The van der Waals surface area contributed by atoms with Crippen LogP contribution in [-0.2, 0) is 11.3 Å². The van der Waals surface area contributed by atoms with Crippen molar-refractivity contribution in [2.24, 2.45) is 0 Å². The van der Waals surface area contributed by atoms with E-state index < -0.39 is 0 Å². The predicted molar refractivity (Wildman–Crippen MR) is 110 cm³/mol. The first-order chi connectivity index (χ1) is 13.5. The lowest BCUT2D eigenvalue weighted by Gasteiger charge is -2.13. The smallest absolute Gasteiger partial charge is 0.267 e. The van der Waals surface area contributed by atoms with Crippen LogP contribution in [-0.4, -0.2) is 36.9 Å². The Hall–Kier alpha value is -3.61. The van der Waals surface area contributed by atoms with E-state index in [-0.39, 0.29) is 18.0 Å². The van der Waals surface area contributed by atoms with E-state index in [4.69, 9.17) is 4.74 Å². The van der Waals surface area contributed by atoms with Crippen molar-refractivity contribution in [1.82, 2.24) is 9.78 Å². The van der Waals surface area contributed by atoms with Gasteiger partial charge < -0.3 is 15.0 Å². The molecule has 0 bridgehead atoms. The monoisotopic (exact) mass is 378 g/mol. The molecule has 0 spiro atoms. The fourth-order valence-corrected chi connectivity index (χ4v) is 2.74. The number of para-hydroxylation sites is 1. The summed E-state index contributed by atoms with van der Waals surface area (Å²) >= 11 is 0. The molecule has 0 unspecified atom stereocenters. The van der Waals surface area contributed by atoms with Crippen molar-refractivity contribution in [3.8, 4) is 17.0 Å². The summed E-state index contributed by atoms with van der Waals surface area (Å²) in [5.74, 6) is 0.315. The molecular weight excluding hydrogens is 356 g/mol. The van der Waals surface area contributed by atoms with Crippen molar-refractivity contribution in [1.29, 1.82) is 0 Å². The van der Waals surface area contributed by atoms with E-state index in [1.54, 1.807) is 13.2 Å². The zero-order valence-electron chi connectivity index (χ0n) is 16.0. The van der Waals surface area contributed by atoms with Crippen LogP contribution in [0.3, 0.4) is 0 Å². The molecule has 0 aliphatic rings. The predicted octanol–water partition coefficient (Wildman–Crippen LogP) is 2.62. The van der Waals surface area contributed by atoms with Crippen molar-refractivity contribution in [3.63, 3.8) is 0 Å². The maximum Gasteiger partial charge on any atom is 0.267 e. The van der Waals surface area contributed by atoms with Gasteiger partial charge in [0.15, 0.2) is 0 Å². The lowest BCUT2D eigenvalue weighted by molar-refractivity contribution is -0.117. The second kappa shape index (κ2) is 8.39. The summed E-state index contributed by atoms with van der Waals surface area (Å²) in [5, 5.41) is 7.11. The minimum Gasteiger partial charge on any atom is -0.496 e. The number of ether oxygens (including phenoxy) is 1. The number of carbonyl (C=O) groups is 1. The van der Waals surface area contributed by atoms with Crippen LogP contribution in [0, 0.1) is 0 Å². The van der Waals surface area contributed by atoms with Crippen LogP contribution < -0.4 is 20.5 Å². The van der Waals surface area contributed by atoms with E-state index in [1.165, 1.54) is 6.07 Å². The second-order valence-corrected chi connectivity index (χ2v) is 6.40. The van der Waals surface area contributed by atoms with Gasteiger partial charge in [-0.2, -0.15) is 5.10 Å². The highest BCUT2D eigenvalue weighted by Crippen LogP contribution is 2.27. The maximum atomic E-state index is 12.4. The first kappa shape index (κ1) is 19.2. The Labute approximate surface area is 163 Å². The number of benzene rings is 2. The topological polar surface area (TPSA) is 76.5 Å². The van der Waals surface area contributed by atoms with Crippen LogP contribution in [0.1, 0.15) is 0 Å². The van der Waals surface area contributed by atoms with Crippen molar-refractivity contribution in [2.75, 3.05) is 31.4 Å². The van der Waals surface area contributed by atoms with Gasteiger partial charge in [0.2, 0.25) is 5.91 Å². The fraction of sp³-hybridized carbons (Fsp3) is 0.190. The summed E-state index contributed by atoms with van der Waals surface area (Å²) in [5.41, 5.74) is 2.64. The van der Waals surface area contributed by atoms with E-state index in [0.717, 1.165) is 15.9 Å². The molecular formula is C21H22N4O3. The van der Waals surface area contributed by atoms with E-state index in [2.05, 4.69) is 10.4 Å². The zero-order valence-corrected chi connectivity index (χ0v) is 16.0. The van der Waals surface area contributed by atoms with Crippen LogP contribution in [0.2, 0.25) is 0 Å². The quantitative estimate of drug-likeness (QED) is 0.714. The molecule has 28 heavy (non-hydrogen) atoms. The Morgan fingerprint density at radius 1 is 1.07 bits per heavy atom. The van der Waals surface area contributed by atoms with Crippen LogP contribution >= 0.6 is 0 Å². The number of amides is 1. The molecule has 0 aliphatic carbocycles. The van der Waals surface area contributed by atoms with Gasteiger partial charge in [-0.15, -0.1) is 0 Å². The molecule has 0 saturated carbocycles. The molecule has 144 valence electrons. The molecule has 1 aromatic heterocycles. The molecule has 2 aromatic carbocycles. The average molecular weight is 378 g/mol. The highest BCUT2D eigenvalue weighted by molar-refractivity contribution is 5.90. The molecule has 1 heterocycles. The van der Waals surface area contributed by atoms with Crippen molar-refractivity contribution in [2.45, 2.75) is 6.54 Å². The Morgan fingerprint density at radius 3 is 2.46 bits per heavy atom. The molecule has 0 saturated heterocycles. The van der Waals surface area contributed by atoms with Crippen molar-refractivity contribution in [3.05, 3.63) is 71.0 Å². The third-order valence-corrected chi connectivity index (χ3v) is 4.21. The van der Waals surface area contributed by atoms with Gasteiger partial charge in [0.1, 0.15) is 12.3 Å². The Bertz CT molecular complexity index is 1030. The number of hydrogen-bond acceptors (Lipinski definition) is 5. The number of rotatable bonds is 6. The van der Waals surface area contributed by atoms with Gasteiger partial charge in [-0.3, -0.25) is 9.59 Å². The fourth-order valence-electron chi connectivity index (χ4n) is 2.74. The summed E-state index contributed by atoms with van der Waals surface area (Å²) in [4.78, 5) is 26.5. The molecule has 0 aliphatic heterocycles. The molecule has 0 fully saturated rings. The normalized spacial score (nSPS) is 10.4. The molecule has 0 radical (unpaired) electrons. The molecule has 3 rings (SSSR count). The van der Waals surface area contributed by atoms with E-state index >= 15 is 0 Å². The molecule has 3 aromatic rings. The van der Waals surface area contributed by atoms with Crippen LogP contribution in [0.25, 0.3) is 11.3 Å². The number of anilines is 2. The van der Waals surface area contributed by atoms with E-state index in [1.807, 2.05) is 67.5 Å². The summed E-state index contributed by atoms with van der Waals surface area (Å²) in [6.45, 7) is -0.183. The van der Waals surface area contributed by atoms with Crippen molar-refractivity contribution >= 4 is 17.3 Å². The molecule has 1 N–H and O–H groups in total. The molecule has 1 amide bonds. The Balaban J connectivity index is 1.78. The largest absolute Gasteiger partial charge is 0.496 e. The third-order valence-electron chi connectivity index (χ3n) is 4.21. The lowest BCUT2D eigenvalue weighted by atomic mass is 10.1.